The van der Waals surface area contributed by atoms with E-state index in [9.17, 15) is 9.59 Å². The van der Waals surface area contributed by atoms with Gasteiger partial charge in [-0.25, -0.2) is 0 Å². The van der Waals surface area contributed by atoms with Crippen molar-refractivity contribution >= 4 is 16.8 Å². The zero-order valence-electron chi connectivity index (χ0n) is 12.8. The highest BCUT2D eigenvalue weighted by molar-refractivity contribution is 5.93. The number of carbonyl (C=O) groups is 1. The van der Waals surface area contributed by atoms with Crippen LogP contribution in [-0.2, 0) is 6.54 Å². The van der Waals surface area contributed by atoms with Crippen molar-refractivity contribution < 1.29 is 4.79 Å². The maximum absolute atomic E-state index is 12.4. The van der Waals surface area contributed by atoms with Gasteiger partial charge >= 0.3 is 0 Å². The van der Waals surface area contributed by atoms with Crippen molar-refractivity contribution in [3.63, 3.8) is 0 Å². The third-order valence-corrected chi connectivity index (χ3v) is 3.75. The summed E-state index contributed by atoms with van der Waals surface area (Å²) >= 11 is 0. The van der Waals surface area contributed by atoms with Gasteiger partial charge in [0.15, 0.2) is 0 Å². The van der Waals surface area contributed by atoms with Crippen molar-refractivity contribution in [3.05, 3.63) is 76.3 Å². The van der Waals surface area contributed by atoms with E-state index >= 15 is 0 Å². The van der Waals surface area contributed by atoms with Gasteiger partial charge in [-0.2, -0.15) is 0 Å². The maximum Gasteiger partial charge on any atom is 0.254 e. The number of rotatable bonds is 4. The Balaban J connectivity index is 1.79. The molecular weight excluding hydrogens is 290 g/mol. The van der Waals surface area contributed by atoms with Crippen molar-refractivity contribution in [1.29, 1.82) is 0 Å². The van der Waals surface area contributed by atoms with Crippen LogP contribution in [0.2, 0.25) is 0 Å². The Hall–Kier alpha value is -2.95. The first-order valence-corrected chi connectivity index (χ1v) is 7.44. The number of amides is 1. The Morgan fingerprint density at radius 2 is 1.91 bits per heavy atom. The minimum Gasteiger partial charge on any atom is -0.350 e. The van der Waals surface area contributed by atoms with Gasteiger partial charge in [0.25, 0.3) is 11.5 Å². The summed E-state index contributed by atoms with van der Waals surface area (Å²) in [5.74, 6) is -0.169. The van der Waals surface area contributed by atoms with Crippen LogP contribution < -0.4 is 10.9 Å². The van der Waals surface area contributed by atoms with Crippen molar-refractivity contribution in [2.75, 3.05) is 6.54 Å². The van der Waals surface area contributed by atoms with Gasteiger partial charge in [0, 0.05) is 36.6 Å². The first-order chi connectivity index (χ1) is 11.2. The summed E-state index contributed by atoms with van der Waals surface area (Å²) in [6, 6.07) is 13.0. The van der Waals surface area contributed by atoms with Crippen LogP contribution in [0.15, 0.2) is 59.7 Å². The summed E-state index contributed by atoms with van der Waals surface area (Å²) in [5.41, 5.74) is 2.11. The quantitative estimate of drug-likeness (QED) is 0.803. The van der Waals surface area contributed by atoms with Crippen molar-refractivity contribution in [2.24, 2.45) is 0 Å². The molecule has 3 aromatic rings. The molecule has 2 aromatic heterocycles. The summed E-state index contributed by atoms with van der Waals surface area (Å²) in [6.07, 6.45) is 3.15. The van der Waals surface area contributed by atoms with Gasteiger partial charge in [-0.3, -0.25) is 14.6 Å². The molecule has 5 heteroatoms. The minimum absolute atomic E-state index is 0.0261. The molecule has 1 N–H and O–H groups in total. The predicted molar refractivity (Wildman–Crippen MR) is 89.5 cm³/mol. The van der Waals surface area contributed by atoms with Crippen LogP contribution in [0.3, 0.4) is 0 Å². The maximum atomic E-state index is 12.4. The first-order valence-electron chi connectivity index (χ1n) is 7.44. The van der Waals surface area contributed by atoms with E-state index in [1.54, 1.807) is 36.0 Å². The zero-order chi connectivity index (χ0) is 16.2. The summed E-state index contributed by atoms with van der Waals surface area (Å²) in [4.78, 5) is 28.3. The van der Waals surface area contributed by atoms with Crippen molar-refractivity contribution in [3.8, 4) is 0 Å². The third-order valence-electron chi connectivity index (χ3n) is 3.75. The Labute approximate surface area is 133 Å². The monoisotopic (exact) mass is 307 g/mol. The number of aryl methyl sites for hydroxylation is 1. The fourth-order valence-corrected chi connectivity index (χ4v) is 2.58. The molecule has 0 unspecified atom stereocenters. The highest BCUT2D eigenvalue weighted by Crippen LogP contribution is 2.12. The standard InChI is InChI=1S/C18H17N3O2/c1-13-12-15-4-2-3-5-16(15)21(18(13)23)11-10-20-17(22)14-6-8-19-9-7-14/h2-9,12H,10-11H2,1H3,(H,20,22). The van der Waals surface area contributed by atoms with E-state index in [2.05, 4.69) is 10.3 Å². The normalized spacial score (nSPS) is 10.7. The van der Waals surface area contributed by atoms with Gasteiger partial charge in [-0.15, -0.1) is 0 Å². The largest absolute Gasteiger partial charge is 0.350 e. The van der Waals surface area contributed by atoms with Gasteiger partial charge in [0.05, 0.1) is 5.52 Å². The molecule has 1 amide bonds. The van der Waals surface area contributed by atoms with Crippen LogP contribution >= 0.6 is 0 Å². The van der Waals surface area contributed by atoms with Crippen LogP contribution in [0.5, 0.6) is 0 Å². The molecule has 0 spiro atoms. The lowest BCUT2D eigenvalue weighted by Gasteiger charge is -2.12. The summed E-state index contributed by atoms with van der Waals surface area (Å²) in [5, 5.41) is 3.85. The van der Waals surface area contributed by atoms with Crippen LogP contribution in [-0.4, -0.2) is 22.0 Å². The number of para-hydroxylation sites is 1. The number of pyridine rings is 2. The zero-order valence-corrected chi connectivity index (χ0v) is 12.8. The third kappa shape index (κ3) is 3.13. The van der Waals surface area contributed by atoms with E-state index in [0.717, 1.165) is 10.9 Å². The van der Waals surface area contributed by atoms with E-state index in [-0.39, 0.29) is 11.5 Å². The van der Waals surface area contributed by atoms with Crippen LogP contribution in [0.4, 0.5) is 0 Å². The van der Waals surface area contributed by atoms with Gasteiger partial charge in [-0.05, 0) is 36.6 Å². The molecule has 0 atom stereocenters. The fraction of sp³-hybridized carbons (Fsp3) is 0.167. The number of nitrogens with zero attached hydrogens (tertiary/aromatic N) is 2. The SMILES string of the molecule is Cc1cc2ccccc2n(CCNC(=O)c2ccncc2)c1=O. The molecule has 3 rings (SSSR count). The molecule has 5 nitrogen and oxygen atoms in total. The number of benzene rings is 1. The molecule has 0 saturated carbocycles. The van der Waals surface area contributed by atoms with E-state index in [1.165, 1.54) is 0 Å². The Morgan fingerprint density at radius 3 is 2.70 bits per heavy atom. The average Bonchev–Trinajstić information content (AvgIpc) is 2.59. The highest BCUT2D eigenvalue weighted by atomic mass is 16.1. The number of fused-ring (bicyclic) bond motifs is 1. The molecule has 1 aromatic carbocycles. The molecule has 0 radical (unpaired) electrons. The number of aromatic nitrogens is 2. The Kier molecular flexibility index (Phi) is 4.19. The lowest BCUT2D eigenvalue weighted by atomic mass is 10.1. The Morgan fingerprint density at radius 1 is 1.17 bits per heavy atom. The molecule has 2 heterocycles. The molecule has 0 aliphatic carbocycles. The lowest BCUT2D eigenvalue weighted by Crippen LogP contribution is -2.31. The van der Waals surface area contributed by atoms with Crippen molar-refractivity contribution in [1.82, 2.24) is 14.9 Å². The lowest BCUT2D eigenvalue weighted by molar-refractivity contribution is 0.0952. The predicted octanol–water partition coefficient (Wildman–Crippen LogP) is 2.13. The summed E-state index contributed by atoms with van der Waals surface area (Å²) < 4.78 is 1.71. The molecule has 116 valence electrons. The van der Waals surface area contributed by atoms with E-state index in [1.807, 2.05) is 30.3 Å². The fourth-order valence-electron chi connectivity index (χ4n) is 2.58. The molecule has 0 fully saturated rings. The summed E-state index contributed by atoms with van der Waals surface area (Å²) in [7, 11) is 0. The minimum atomic E-state index is -0.169. The topological polar surface area (TPSA) is 64.0 Å². The van der Waals surface area contributed by atoms with Gasteiger partial charge in [0.1, 0.15) is 0 Å². The first kappa shape index (κ1) is 15.0. The van der Waals surface area contributed by atoms with E-state index in [4.69, 9.17) is 0 Å². The molecule has 0 bridgehead atoms. The van der Waals surface area contributed by atoms with Crippen molar-refractivity contribution in [2.45, 2.75) is 13.5 Å². The van der Waals surface area contributed by atoms with Gasteiger partial charge < -0.3 is 9.88 Å². The number of nitrogens with one attached hydrogen (secondary N) is 1. The number of carbonyl (C=O) groups excluding carboxylic acids is 1. The van der Waals surface area contributed by atoms with Crippen LogP contribution in [0.1, 0.15) is 15.9 Å². The molecular formula is C18H17N3O2. The second-order valence-electron chi connectivity index (χ2n) is 5.33. The van der Waals surface area contributed by atoms with Crippen LogP contribution in [0, 0.1) is 6.92 Å². The van der Waals surface area contributed by atoms with E-state index in [0.29, 0.717) is 24.2 Å². The van der Waals surface area contributed by atoms with E-state index < -0.39 is 0 Å². The Bertz CT molecular complexity index is 901. The summed E-state index contributed by atoms with van der Waals surface area (Å²) in [6.45, 7) is 2.62. The molecule has 0 aliphatic heterocycles. The average molecular weight is 307 g/mol. The van der Waals surface area contributed by atoms with Crippen LogP contribution in [0.25, 0.3) is 10.9 Å². The van der Waals surface area contributed by atoms with Gasteiger partial charge in [-0.1, -0.05) is 18.2 Å². The second kappa shape index (κ2) is 6.44. The number of hydrogen-bond acceptors (Lipinski definition) is 3. The second-order valence-corrected chi connectivity index (χ2v) is 5.33. The molecule has 0 saturated heterocycles. The number of hydrogen-bond donors (Lipinski definition) is 1. The highest BCUT2D eigenvalue weighted by Gasteiger charge is 2.08. The smallest absolute Gasteiger partial charge is 0.254 e. The van der Waals surface area contributed by atoms with Gasteiger partial charge in [0.2, 0.25) is 0 Å². The molecule has 0 aliphatic rings. The molecule has 23 heavy (non-hydrogen) atoms.